The molecule has 1 aromatic heterocycles. The van der Waals surface area contributed by atoms with Crippen LogP contribution in [0.15, 0.2) is 18.3 Å². The molecule has 1 aromatic rings. The van der Waals surface area contributed by atoms with Crippen LogP contribution in [0.25, 0.3) is 0 Å². The molecular formula is C14H23N3O. The van der Waals surface area contributed by atoms with Crippen molar-refractivity contribution >= 4 is 0 Å². The Morgan fingerprint density at radius 3 is 3.11 bits per heavy atom. The van der Waals surface area contributed by atoms with Gasteiger partial charge in [0, 0.05) is 30.9 Å². The van der Waals surface area contributed by atoms with E-state index in [1.165, 1.54) is 24.9 Å². The summed E-state index contributed by atoms with van der Waals surface area (Å²) >= 11 is 0. The van der Waals surface area contributed by atoms with Crippen molar-refractivity contribution in [1.29, 1.82) is 0 Å². The lowest BCUT2D eigenvalue weighted by Gasteiger charge is -2.35. The second kappa shape index (κ2) is 6.16. The standard InChI is InChI=1S/C14H23N3O/c1-11-8-13(5-7-17(11)2)16-10-12-4-6-15-14(9-12)18-3/h4,6,9,11,13,16H,5,7-8,10H2,1-3H3. The number of nitrogens with zero attached hydrogens (tertiary/aromatic N) is 2. The van der Waals surface area contributed by atoms with E-state index in [1.807, 2.05) is 12.1 Å². The quantitative estimate of drug-likeness (QED) is 0.880. The SMILES string of the molecule is COc1cc(CNC2CCN(C)C(C)C2)ccn1. The first-order chi connectivity index (χ1) is 8.69. The summed E-state index contributed by atoms with van der Waals surface area (Å²) in [6, 6.07) is 5.32. The first-order valence-electron chi connectivity index (χ1n) is 6.61. The number of methoxy groups -OCH3 is 1. The normalized spacial score (nSPS) is 25.1. The van der Waals surface area contributed by atoms with Gasteiger partial charge in [-0.25, -0.2) is 4.98 Å². The highest BCUT2D eigenvalue weighted by Crippen LogP contribution is 2.16. The van der Waals surface area contributed by atoms with E-state index < -0.39 is 0 Å². The summed E-state index contributed by atoms with van der Waals surface area (Å²) in [7, 11) is 3.85. The maximum Gasteiger partial charge on any atom is 0.213 e. The monoisotopic (exact) mass is 249 g/mol. The van der Waals surface area contributed by atoms with E-state index in [0.717, 1.165) is 6.54 Å². The van der Waals surface area contributed by atoms with Gasteiger partial charge in [-0.1, -0.05) is 0 Å². The number of nitrogens with one attached hydrogen (secondary N) is 1. The second-order valence-electron chi connectivity index (χ2n) is 5.14. The Labute approximate surface area is 109 Å². The molecule has 0 saturated carbocycles. The predicted molar refractivity (Wildman–Crippen MR) is 72.7 cm³/mol. The fourth-order valence-electron chi connectivity index (χ4n) is 2.41. The van der Waals surface area contributed by atoms with Crippen molar-refractivity contribution in [1.82, 2.24) is 15.2 Å². The first-order valence-corrected chi connectivity index (χ1v) is 6.61. The third-order valence-corrected chi connectivity index (χ3v) is 3.81. The molecule has 0 amide bonds. The van der Waals surface area contributed by atoms with Gasteiger partial charge in [0.05, 0.1) is 7.11 Å². The molecule has 1 saturated heterocycles. The van der Waals surface area contributed by atoms with Gasteiger partial charge in [-0.15, -0.1) is 0 Å². The lowest BCUT2D eigenvalue weighted by molar-refractivity contribution is 0.168. The van der Waals surface area contributed by atoms with Crippen molar-refractivity contribution < 1.29 is 4.74 Å². The molecule has 1 aliphatic heterocycles. The lowest BCUT2D eigenvalue weighted by Crippen LogP contribution is -2.45. The van der Waals surface area contributed by atoms with E-state index in [4.69, 9.17) is 4.74 Å². The number of hydrogen-bond acceptors (Lipinski definition) is 4. The molecule has 2 atom stereocenters. The molecule has 0 spiro atoms. The number of pyridine rings is 1. The number of ether oxygens (including phenoxy) is 1. The minimum Gasteiger partial charge on any atom is -0.481 e. The van der Waals surface area contributed by atoms with Crippen molar-refractivity contribution in [2.45, 2.75) is 38.4 Å². The first kappa shape index (κ1) is 13.3. The van der Waals surface area contributed by atoms with Crippen molar-refractivity contribution in [2.75, 3.05) is 20.7 Å². The molecule has 100 valence electrons. The Morgan fingerprint density at radius 1 is 1.56 bits per heavy atom. The number of hydrogen-bond donors (Lipinski definition) is 1. The van der Waals surface area contributed by atoms with Crippen LogP contribution in [0.4, 0.5) is 0 Å². The number of rotatable bonds is 4. The molecule has 18 heavy (non-hydrogen) atoms. The van der Waals surface area contributed by atoms with Gasteiger partial charge in [0.15, 0.2) is 0 Å². The Kier molecular flexibility index (Phi) is 4.55. The Morgan fingerprint density at radius 2 is 2.39 bits per heavy atom. The van der Waals surface area contributed by atoms with Gasteiger partial charge in [-0.2, -0.15) is 0 Å². The average Bonchev–Trinajstić information content (AvgIpc) is 2.40. The zero-order valence-corrected chi connectivity index (χ0v) is 11.5. The van der Waals surface area contributed by atoms with Crippen molar-refractivity contribution in [3.05, 3.63) is 23.9 Å². The molecule has 1 N–H and O–H groups in total. The van der Waals surface area contributed by atoms with Crippen LogP contribution in [0, 0.1) is 0 Å². The molecule has 1 fully saturated rings. The van der Waals surface area contributed by atoms with Crippen LogP contribution >= 0.6 is 0 Å². The van der Waals surface area contributed by atoms with E-state index in [2.05, 4.69) is 29.2 Å². The number of aromatic nitrogens is 1. The van der Waals surface area contributed by atoms with E-state index in [1.54, 1.807) is 13.3 Å². The summed E-state index contributed by atoms with van der Waals surface area (Å²) in [5.41, 5.74) is 1.23. The summed E-state index contributed by atoms with van der Waals surface area (Å²) in [5, 5.41) is 3.63. The Balaban J connectivity index is 1.84. The third kappa shape index (κ3) is 3.43. The van der Waals surface area contributed by atoms with Crippen molar-refractivity contribution in [2.24, 2.45) is 0 Å². The number of piperidine rings is 1. The van der Waals surface area contributed by atoms with Crippen LogP contribution in [0.5, 0.6) is 5.88 Å². The molecule has 0 radical (unpaired) electrons. The van der Waals surface area contributed by atoms with E-state index in [0.29, 0.717) is 18.0 Å². The van der Waals surface area contributed by atoms with Gasteiger partial charge in [-0.05, 0) is 45.0 Å². The Hall–Kier alpha value is -1.13. The topological polar surface area (TPSA) is 37.4 Å². The third-order valence-electron chi connectivity index (χ3n) is 3.81. The Bertz CT molecular complexity index is 383. The minimum atomic E-state index is 0.621. The zero-order chi connectivity index (χ0) is 13.0. The summed E-state index contributed by atoms with van der Waals surface area (Å²) < 4.78 is 5.13. The van der Waals surface area contributed by atoms with E-state index >= 15 is 0 Å². The number of likely N-dealkylation sites (tertiary alicyclic amines) is 1. The van der Waals surface area contributed by atoms with E-state index in [9.17, 15) is 0 Å². The summed E-state index contributed by atoms with van der Waals surface area (Å²) in [5.74, 6) is 0.686. The average molecular weight is 249 g/mol. The highest BCUT2D eigenvalue weighted by atomic mass is 16.5. The molecule has 4 heteroatoms. The molecule has 2 unspecified atom stereocenters. The summed E-state index contributed by atoms with van der Waals surface area (Å²) in [6.07, 6.45) is 4.24. The molecule has 0 aliphatic carbocycles. The fraction of sp³-hybridized carbons (Fsp3) is 0.643. The van der Waals surface area contributed by atoms with Gasteiger partial charge in [0.1, 0.15) is 0 Å². The van der Waals surface area contributed by atoms with Gasteiger partial charge >= 0.3 is 0 Å². The summed E-state index contributed by atoms with van der Waals surface area (Å²) in [4.78, 5) is 6.54. The highest BCUT2D eigenvalue weighted by molar-refractivity contribution is 5.20. The van der Waals surface area contributed by atoms with Crippen LogP contribution in [-0.2, 0) is 6.54 Å². The van der Waals surface area contributed by atoms with Gasteiger partial charge in [0.2, 0.25) is 5.88 Å². The van der Waals surface area contributed by atoms with Gasteiger partial charge in [-0.3, -0.25) is 0 Å². The van der Waals surface area contributed by atoms with Gasteiger partial charge in [0.25, 0.3) is 0 Å². The maximum atomic E-state index is 5.13. The molecule has 2 rings (SSSR count). The van der Waals surface area contributed by atoms with Crippen molar-refractivity contribution in [3.63, 3.8) is 0 Å². The largest absolute Gasteiger partial charge is 0.481 e. The van der Waals surface area contributed by atoms with Crippen LogP contribution in [0.2, 0.25) is 0 Å². The molecule has 4 nitrogen and oxygen atoms in total. The molecule has 0 aromatic carbocycles. The molecule has 2 heterocycles. The maximum absolute atomic E-state index is 5.13. The summed E-state index contributed by atoms with van der Waals surface area (Å²) in [6.45, 7) is 4.36. The molecule has 0 bridgehead atoms. The van der Waals surface area contributed by atoms with Crippen LogP contribution in [0.1, 0.15) is 25.3 Å². The van der Waals surface area contributed by atoms with E-state index in [-0.39, 0.29) is 0 Å². The van der Waals surface area contributed by atoms with Crippen LogP contribution in [0.3, 0.4) is 0 Å². The zero-order valence-electron chi connectivity index (χ0n) is 11.5. The predicted octanol–water partition coefficient (Wildman–Crippen LogP) is 1.66. The second-order valence-corrected chi connectivity index (χ2v) is 5.14. The van der Waals surface area contributed by atoms with Crippen molar-refractivity contribution in [3.8, 4) is 5.88 Å². The highest BCUT2D eigenvalue weighted by Gasteiger charge is 2.21. The minimum absolute atomic E-state index is 0.621. The van der Waals surface area contributed by atoms with Crippen LogP contribution < -0.4 is 10.1 Å². The lowest BCUT2D eigenvalue weighted by atomic mass is 9.99. The fourth-order valence-corrected chi connectivity index (χ4v) is 2.41. The van der Waals surface area contributed by atoms with Crippen LogP contribution in [-0.4, -0.2) is 42.7 Å². The molecular weight excluding hydrogens is 226 g/mol. The smallest absolute Gasteiger partial charge is 0.213 e. The van der Waals surface area contributed by atoms with Gasteiger partial charge < -0.3 is 15.0 Å². The molecule has 1 aliphatic rings.